The molecule has 4 N–H and O–H groups in total. The number of alkyl halides is 2. The Hall–Kier alpha value is -4.54. The van der Waals surface area contributed by atoms with E-state index in [0.717, 1.165) is 6.42 Å². The number of allylic oxidation sites excluding steroid dienone is 1. The summed E-state index contributed by atoms with van der Waals surface area (Å²) in [4.78, 5) is 60.3. The molecule has 1 saturated heterocycles. The van der Waals surface area contributed by atoms with Crippen LogP contribution in [0.3, 0.4) is 0 Å². The summed E-state index contributed by atoms with van der Waals surface area (Å²) in [6.07, 6.45) is 6.73. The van der Waals surface area contributed by atoms with E-state index in [1.165, 1.54) is 17.0 Å². The molecule has 0 radical (unpaired) electrons. The maximum atomic E-state index is 14.4. The summed E-state index contributed by atoms with van der Waals surface area (Å²) in [5.74, 6) is -2.31. The normalized spacial score (nSPS) is 29.5. The van der Waals surface area contributed by atoms with Gasteiger partial charge in [-0.25, -0.2) is 18.2 Å². The van der Waals surface area contributed by atoms with Gasteiger partial charge < -0.3 is 30.1 Å². The van der Waals surface area contributed by atoms with Gasteiger partial charge in [0.15, 0.2) is 0 Å². The number of hydrogen-bond acceptors (Lipinski definition) is 9. The monoisotopic (exact) mass is 759 g/mol. The number of hydrogen-bond donors (Lipinski definition) is 4. The van der Waals surface area contributed by atoms with Crippen LogP contribution in [-0.4, -0.2) is 88.3 Å². The molecule has 2 saturated carbocycles. The highest BCUT2D eigenvalue weighted by atomic mass is 32.2. The number of carbonyl (C=O) groups is 4. The number of carboxylic acid groups (broad SMARTS) is 1. The molecule has 5 aliphatic rings. The van der Waals surface area contributed by atoms with Gasteiger partial charge in [-0.1, -0.05) is 25.0 Å². The second kappa shape index (κ2) is 13.4. The Morgan fingerprint density at radius 2 is 1.92 bits per heavy atom. The van der Waals surface area contributed by atoms with Crippen LogP contribution in [-0.2, 0) is 30.8 Å². The molecule has 1 aromatic carbocycles. The lowest BCUT2D eigenvalue weighted by Gasteiger charge is -2.36. The lowest BCUT2D eigenvalue weighted by Crippen LogP contribution is -2.58. The quantitative estimate of drug-likeness (QED) is 0.315. The maximum absolute atomic E-state index is 14.4. The second-order valence-corrected chi connectivity index (χ2v) is 17.5. The first-order chi connectivity index (χ1) is 25.1. The molecule has 2 aliphatic carbocycles. The molecule has 3 fully saturated rings. The number of amides is 4. The van der Waals surface area contributed by atoms with Crippen LogP contribution in [0.4, 0.5) is 13.6 Å². The number of aryl methyl sites for hydroxylation is 2. The van der Waals surface area contributed by atoms with E-state index in [1.807, 2.05) is 12.2 Å². The first kappa shape index (κ1) is 36.8. The summed E-state index contributed by atoms with van der Waals surface area (Å²) in [7, 11) is -4.03. The van der Waals surface area contributed by atoms with Gasteiger partial charge in [-0.05, 0) is 83.4 Å². The van der Waals surface area contributed by atoms with Gasteiger partial charge in [-0.2, -0.15) is 8.78 Å². The molecular weight excluding hydrogens is 716 g/mol. The molecule has 17 heteroatoms. The van der Waals surface area contributed by atoms with Crippen molar-refractivity contribution < 1.29 is 51.0 Å². The third-order valence-electron chi connectivity index (χ3n) is 11.5. The van der Waals surface area contributed by atoms with Crippen LogP contribution in [0.2, 0.25) is 0 Å². The van der Waals surface area contributed by atoms with Crippen molar-refractivity contribution in [2.45, 2.75) is 119 Å². The van der Waals surface area contributed by atoms with Gasteiger partial charge in [0.2, 0.25) is 21.8 Å². The van der Waals surface area contributed by atoms with E-state index >= 15 is 0 Å². The number of benzene rings is 1. The van der Waals surface area contributed by atoms with Gasteiger partial charge in [0, 0.05) is 23.3 Å². The zero-order valence-corrected chi connectivity index (χ0v) is 30.3. The standard InChI is InChI=1S/C36H43F2N5O9S/c1-20-28-23(24-16-22(51-32(37)38)10-11-25(24)39-20)12-13-35(52-28)18-27-29(44)41-36(31(46)42-53(49,50)34(2)14-15-34)17-21(36)8-6-4-3-5-7-9-26(40-33(47)48)30(45)43(27)19-35/h6,8,10-11,16,21,26-27,32,40H,3-5,7,9,12-15,17-19H2,1-2H3,(H,41,44)(H,42,46)(H,47,48)/t21-,26+,27+,35-,36-/m1/s1. The second-order valence-electron chi connectivity index (χ2n) is 15.3. The average Bonchev–Trinajstić information content (AvgIpc) is 3.98. The van der Waals surface area contributed by atoms with E-state index in [4.69, 9.17) is 4.74 Å². The van der Waals surface area contributed by atoms with Crippen molar-refractivity contribution >= 4 is 44.7 Å². The molecule has 7 rings (SSSR count). The number of rotatable bonds is 6. The predicted molar refractivity (Wildman–Crippen MR) is 186 cm³/mol. The number of aromatic nitrogens is 1. The van der Waals surface area contributed by atoms with Crippen LogP contribution in [0.15, 0.2) is 30.4 Å². The smallest absolute Gasteiger partial charge is 0.405 e. The van der Waals surface area contributed by atoms with Crippen molar-refractivity contribution in [2.24, 2.45) is 5.92 Å². The largest absolute Gasteiger partial charge is 0.483 e. The molecule has 0 unspecified atom stereocenters. The molecule has 1 spiro atoms. The van der Waals surface area contributed by atoms with Gasteiger partial charge in [0.25, 0.3) is 5.91 Å². The van der Waals surface area contributed by atoms with E-state index in [0.29, 0.717) is 72.9 Å². The van der Waals surface area contributed by atoms with E-state index in [9.17, 15) is 41.5 Å². The zero-order chi connectivity index (χ0) is 37.9. The minimum absolute atomic E-state index is 0.0234. The highest BCUT2D eigenvalue weighted by Gasteiger charge is 2.64. The fourth-order valence-corrected chi connectivity index (χ4v) is 9.31. The van der Waals surface area contributed by atoms with Crippen LogP contribution >= 0.6 is 0 Å². The topological polar surface area (TPSA) is 193 Å². The number of carbonyl (C=O) groups excluding carboxylic acids is 3. The maximum Gasteiger partial charge on any atom is 0.405 e. The minimum atomic E-state index is -4.03. The average molecular weight is 760 g/mol. The molecule has 5 atom stereocenters. The van der Waals surface area contributed by atoms with E-state index in [1.54, 1.807) is 19.9 Å². The Morgan fingerprint density at radius 3 is 2.64 bits per heavy atom. The van der Waals surface area contributed by atoms with Crippen molar-refractivity contribution in [1.82, 2.24) is 25.2 Å². The summed E-state index contributed by atoms with van der Waals surface area (Å²) in [6, 6.07) is 2.09. The van der Waals surface area contributed by atoms with Crippen molar-refractivity contribution in [3.63, 3.8) is 0 Å². The first-order valence-corrected chi connectivity index (χ1v) is 19.5. The first-order valence-electron chi connectivity index (χ1n) is 18.0. The zero-order valence-electron chi connectivity index (χ0n) is 29.5. The molecule has 0 bridgehead atoms. The molecule has 286 valence electrons. The number of halogens is 2. The van der Waals surface area contributed by atoms with Crippen LogP contribution in [0.25, 0.3) is 10.9 Å². The SMILES string of the molecule is Cc1nc2ccc(OC(F)F)cc2c2c1O[C@]1(CC2)C[C@H]2C(=O)N[C@]3(C(=O)NS(=O)(=O)C4(C)CC4)C[C@H]3C=CCCCCC[C@H](NC(=O)O)C(=O)N2C1. The molecule has 2 aromatic rings. The number of nitrogens with zero attached hydrogens (tertiary/aromatic N) is 2. The summed E-state index contributed by atoms with van der Waals surface area (Å²) < 4.78 is 64.8. The van der Waals surface area contributed by atoms with Crippen LogP contribution < -0.4 is 24.8 Å². The van der Waals surface area contributed by atoms with Crippen molar-refractivity contribution in [2.75, 3.05) is 6.54 Å². The number of ether oxygens (including phenoxy) is 2. The number of pyridine rings is 1. The summed E-state index contributed by atoms with van der Waals surface area (Å²) in [6.45, 7) is 0.175. The lowest BCUT2D eigenvalue weighted by molar-refractivity contribution is -0.141. The third kappa shape index (κ3) is 6.99. The molecule has 4 heterocycles. The van der Waals surface area contributed by atoms with Crippen LogP contribution in [0.1, 0.15) is 82.4 Å². The number of fused-ring (bicyclic) bond motifs is 5. The lowest BCUT2D eigenvalue weighted by atomic mass is 9.87. The summed E-state index contributed by atoms with van der Waals surface area (Å²) in [5, 5.41) is 15.4. The Kier molecular flexibility index (Phi) is 9.30. The van der Waals surface area contributed by atoms with Gasteiger partial charge in [-0.3, -0.25) is 19.1 Å². The molecule has 4 amide bonds. The highest BCUT2D eigenvalue weighted by molar-refractivity contribution is 7.91. The number of sulfonamides is 1. The van der Waals surface area contributed by atoms with Crippen LogP contribution in [0.5, 0.6) is 11.5 Å². The molecule has 53 heavy (non-hydrogen) atoms. The van der Waals surface area contributed by atoms with Crippen molar-refractivity contribution in [1.29, 1.82) is 0 Å². The van der Waals surface area contributed by atoms with Crippen molar-refractivity contribution in [3.05, 3.63) is 41.6 Å². The van der Waals surface area contributed by atoms with E-state index < -0.39 is 74.3 Å². The molecule has 1 aromatic heterocycles. The Balaban J connectivity index is 1.23. The molecule has 14 nitrogen and oxygen atoms in total. The number of nitrogens with one attached hydrogen (secondary N) is 3. The van der Waals surface area contributed by atoms with Gasteiger partial charge in [-0.15, -0.1) is 0 Å². The van der Waals surface area contributed by atoms with Crippen molar-refractivity contribution in [3.8, 4) is 11.5 Å². The van der Waals surface area contributed by atoms with E-state index in [-0.39, 0.29) is 31.6 Å². The third-order valence-corrected chi connectivity index (χ3v) is 13.6. The van der Waals surface area contributed by atoms with Gasteiger partial charge >= 0.3 is 12.7 Å². The fourth-order valence-electron chi connectivity index (χ4n) is 8.00. The van der Waals surface area contributed by atoms with E-state index in [2.05, 4.69) is 25.1 Å². The van der Waals surface area contributed by atoms with Gasteiger partial charge in [0.1, 0.15) is 34.7 Å². The predicted octanol–water partition coefficient (Wildman–Crippen LogP) is 3.84. The summed E-state index contributed by atoms with van der Waals surface area (Å²) in [5.41, 5.74) is -0.950. The van der Waals surface area contributed by atoms with Crippen LogP contribution in [0, 0.1) is 12.8 Å². The summed E-state index contributed by atoms with van der Waals surface area (Å²) >= 11 is 0. The Labute approximate surface area is 305 Å². The molecular formula is C36H43F2N5O9S. The Morgan fingerprint density at radius 1 is 1.15 bits per heavy atom. The molecule has 3 aliphatic heterocycles. The van der Waals surface area contributed by atoms with Gasteiger partial charge in [0.05, 0.1) is 22.5 Å². The minimum Gasteiger partial charge on any atom is -0.483 e. The Bertz CT molecular complexity index is 2010. The highest BCUT2D eigenvalue weighted by Crippen LogP contribution is 2.49. The fraction of sp³-hybridized carbons (Fsp3) is 0.583.